The van der Waals surface area contributed by atoms with Gasteiger partial charge in [-0.05, 0) is 43.2 Å². The van der Waals surface area contributed by atoms with Crippen LogP contribution in [0.15, 0.2) is 48.5 Å². The molecule has 0 aliphatic rings. The maximum absolute atomic E-state index is 12.4. The summed E-state index contributed by atoms with van der Waals surface area (Å²) in [5.74, 6) is -0.172. The van der Waals surface area contributed by atoms with Gasteiger partial charge in [-0.1, -0.05) is 31.2 Å². The van der Waals surface area contributed by atoms with E-state index >= 15 is 0 Å². The van der Waals surface area contributed by atoms with Crippen molar-refractivity contribution in [2.45, 2.75) is 32.9 Å². The van der Waals surface area contributed by atoms with Gasteiger partial charge >= 0.3 is 0 Å². The minimum Gasteiger partial charge on any atom is -0.484 e. The van der Waals surface area contributed by atoms with Crippen LogP contribution in [0.4, 0.5) is 5.69 Å². The van der Waals surface area contributed by atoms with Gasteiger partial charge in [-0.15, -0.1) is 0 Å². The van der Waals surface area contributed by atoms with Crippen molar-refractivity contribution in [2.24, 2.45) is 0 Å². The van der Waals surface area contributed by atoms with Crippen LogP contribution in [-0.2, 0) is 21.4 Å². The van der Waals surface area contributed by atoms with Gasteiger partial charge in [0.05, 0.1) is 17.5 Å². The largest absolute Gasteiger partial charge is 0.484 e. The number of anilines is 1. The molecule has 31 heavy (non-hydrogen) atoms. The summed E-state index contributed by atoms with van der Waals surface area (Å²) in [5.41, 5.74) is 1.59. The maximum Gasteiger partial charge on any atom is 0.262 e. The zero-order chi connectivity index (χ0) is 23.0. The molecular formula is C22H29N3O5S. The highest BCUT2D eigenvalue weighted by Crippen LogP contribution is 2.17. The summed E-state index contributed by atoms with van der Waals surface area (Å²) < 4.78 is 29.7. The van der Waals surface area contributed by atoms with Crippen molar-refractivity contribution in [1.82, 2.24) is 9.62 Å². The van der Waals surface area contributed by atoms with Crippen LogP contribution in [0.1, 0.15) is 36.2 Å². The Morgan fingerprint density at radius 3 is 2.35 bits per heavy atom. The van der Waals surface area contributed by atoms with E-state index in [-0.39, 0.29) is 25.1 Å². The highest BCUT2D eigenvalue weighted by atomic mass is 32.2. The quantitative estimate of drug-likeness (QED) is 0.583. The number of sulfonamides is 1. The Labute approximate surface area is 183 Å². The second-order valence-electron chi connectivity index (χ2n) is 7.33. The van der Waals surface area contributed by atoms with Gasteiger partial charge in [0.25, 0.3) is 11.8 Å². The number of ether oxygens (including phenoxy) is 1. The zero-order valence-corrected chi connectivity index (χ0v) is 19.0. The number of hydrogen-bond donors (Lipinski definition) is 2. The first-order chi connectivity index (χ1) is 14.6. The highest BCUT2D eigenvalue weighted by molar-refractivity contribution is 7.88. The van der Waals surface area contributed by atoms with E-state index in [9.17, 15) is 18.0 Å². The van der Waals surface area contributed by atoms with Crippen LogP contribution in [-0.4, -0.2) is 50.5 Å². The van der Waals surface area contributed by atoms with Crippen molar-refractivity contribution >= 4 is 27.5 Å². The Morgan fingerprint density at radius 1 is 1.10 bits per heavy atom. The van der Waals surface area contributed by atoms with Crippen LogP contribution < -0.4 is 15.4 Å². The molecule has 2 N–H and O–H groups in total. The first-order valence-corrected chi connectivity index (χ1v) is 11.8. The lowest BCUT2D eigenvalue weighted by atomic mass is 10.1. The van der Waals surface area contributed by atoms with Crippen LogP contribution in [0.25, 0.3) is 0 Å². The second kappa shape index (κ2) is 10.9. The number of amides is 2. The van der Waals surface area contributed by atoms with E-state index in [1.165, 1.54) is 11.4 Å². The Kier molecular flexibility index (Phi) is 8.58. The first kappa shape index (κ1) is 24.4. The molecule has 0 radical (unpaired) electrons. The zero-order valence-electron chi connectivity index (χ0n) is 18.2. The number of nitrogens with zero attached hydrogens (tertiary/aromatic N) is 1. The van der Waals surface area contributed by atoms with Gasteiger partial charge in [-0.25, -0.2) is 12.7 Å². The molecule has 2 amide bonds. The summed E-state index contributed by atoms with van der Waals surface area (Å²) in [6, 6.07) is 13.6. The van der Waals surface area contributed by atoms with E-state index in [0.29, 0.717) is 17.0 Å². The number of carbonyl (C=O) groups is 2. The molecular weight excluding hydrogens is 418 g/mol. The van der Waals surface area contributed by atoms with Gasteiger partial charge in [0.2, 0.25) is 10.0 Å². The minimum absolute atomic E-state index is 0.0276. The molecule has 0 aromatic heterocycles. The van der Waals surface area contributed by atoms with E-state index in [4.69, 9.17) is 4.74 Å². The van der Waals surface area contributed by atoms with Crippen molar-refractivity contribution in [3.05, 3.63) is 59.7 Å². The third-order valence-electron chi connectivity index (χ3n) is 4.70. The van der Waals surface area contributed by atoms with Gasteiger partial charge in [0.15, 0.2) is 6.61 Å². The SMILES string of the molecule is CCC(C)NC(=O)c1ccccc1NC(=O)COc1ccc(CN(C)S(C)(=O)=O)cc1. The van der Waals surface area contributed by atoms with Crippen LogP contribution in [0.2, 0.25) is 0 Å². The molecule has 0 bridgehead atoms. The fourth-order valence-corrected chi connectivity index (χ4v) is 2.98. The molecule has 2 aromatic rings. The number of nitrogens with one attached hydrogen (secondary N) is 2. The predicted octanol–water partition coefficient (Wildman–Crippen LogP) is 2.62. The third-order valence-corrected chi connectivity index (χ3v) is 5.96. The summed E-state index contributed by atoms with van der Waals surface area (Å²) in [6.07, 6.45) is 1.95. The Morgan fingerprint density at radius 2 is 1.74 bits per heavy atom. The molecule has 0 aliphatic heterocycles. The van der Waals surface area contributed by atoms with Crippen LogP contribution in [0.5, 0.6) is 5.75 Å². The number of rotatable bonds is 10. The number of benzene rings is 2. The van der Waals surface area contributed by atoms with Crippen molar-refractivity contribution in [2.75, 3.05) is 25.2 Å². The van der Waals surface area contributed by atoms with Crippen LogP contribution >= 0.6 is 0 Å². The Balaban J connectivity index is 1.93. The molecule has 2 aromatic carbocycles. The monoisotopic (exact) mass is 447 g/mol. The molecule has 0 fully saturated rings. The summed E-state index contributed by atoms with van der Waals surface area (Å²) >= 11 is 0. The molecule has 0 saturated heterocycles. The standard InChI is InChI=1S/C22H29N3O5S/c1-5-16(2)23-22(27)19-8-6-7-9-20(19)24-21(26)15-30-18-12-10-17(11-13-18)14-25(3)31(4,28)29/h6-13,16H,5,14-15H2,1-4H3,(H,23,27)(H,24,26). The molecule has 8 nitrogen and oxygen atoms in total. The molecule has 0 saturated carbocycles. The lowest BCUT2D eigenvalue weighted by molar-refractivity contribution is -0.118. The molecule has 168 valence electrons. The van der Waals surface area contributed by atoms with Crippen molar-refractivity contribution in [1.29, 1.82) is 0 Å². The maximum atomic E-state index is 12.4. The van der Waals surface area contributed by atoms with Gasteiger partial charge in [0, 0.05) is 19.6 Å². The normalized spacial score (nSPS) is 12.3. The minimum atomic E-state index is -3.26. The summed E-state index contributed by atoms with van der Waals surface area (Å²) in [6.45, 7) is 3.91. The van der Waals surface area contributed by atoms with Crippen LogP contribution in [0.3, 0.4) is 0 Å². The predicted molar refractivity (Wildman–Crippen MR) is 121 cm³/mol. The number of hydrogen-bond acceptors (Lipinski definition) is 5. The van der Waals surface area contributed by atoms with E-state index in [1.54, 1.807) is 48.5 Å². The average Bonchev–Trinajstić information content (AvgIpc) is 2.72. The Bertz CT molecular complexity index is 1010. The molecule has 1 atom stereocenters. The van der Waals surface area contributed by atoms with Gasteiger partial charge in [-0.3, -0.25) is 9.59 Å². The molecule has 0 heterocycles. The van der Waals surface area contributed by atoms with E-state index in [0.717, 1.165) is 18.2 Å². The average molecular weight is 448 g/mol. The Hall–Kier alpha value is -2.91. The molecule has 1 unspecified atom stereocenters. The molecule has 9 heteroatoms. The summed E-state index contributed by atoms with van der Waals surface area (Å²) in [4.78, 5) is 24.8. The molecule has 0 aliphatic carbocycles. The van der Waals surface area contributed by atoms with Crippen LogP contribution in [0, 0.1) is 0 Å². The second-order valence-corrected chi connectivity index (χ2v) is 9.42. The third kappa shape index (κ3) is 7.69. The van der Waals surface area contributed by atoms with Gasteiger partial charge < -0.3 is 15.4 Å². The fourth-order valence-electron chi connectivity index (χ4n) is 2.59. The summed E-state index contributed by atoms with van der Waals surface area (Å²) in [5, 5.41) is 5.59. The first-order valence-electron chi connectivity index (χ1n) is 9.93. The molecule has 0 spiro atoms. The number of carbonyl (C=O) groups excluding carboxylic acids is 2. The van der Waals surface area contributed by atoms with Crippen molar-refractivity contribution in [3.8, 4) is 5.75 Å². The fraction of sp³-hybridized carbons (Fsp3) is 0.364. The summed E-state index contributed by atoms with van der Waals surface area (Å²) in [7, 11) is -1.75. The van der Waals surface area contributed by atoms with Crippen molar-refractivity contribution in [3.63, 3.8) is 0 Å². The lowest BCUT2D eigenvalue weighted by Crippen LogP contribution is -2.33. The van der Waals surface area contributed by atoms with E-state index < -0.39 is 15.9 Å². The lowest BCUT2D eigenvalue weighted by Gasteiger charge is -2.15. The van der Waals surface area contributed by atoms with E-state index in [2.05, 4.69) is 10.6 Å². The van der Waals surface area contributed by atoms with Gasteiger partial charge in [-0.2, -0.15) is 0 Å². The topological polar surface area (TPSA) is 105 Å². The van der Waals surface area contributed by atoms with E-state index in [1.807, 2.05) is 13.8 Å². The molecule has 2 rings (SSSR count). The van der Waals surface area contributed by atoms with Gasteiger partial charge in [0.1, 0.15) is 5.75 Å². The smallest absolute Gasteiger partial charge is 0.262 e. The van der Waals surface area contributed by atoms with Crippen molar-refractivity contribution < 1.29 is 22.7 Å². The highest BCUT2D eigenvalue weighted by Gasteiger charge is 2.15. The number of para-hydroxylation sites is 1.